The van der Waals surface area contributed by atoms with E-state index in [1.54, 1.807) is 27.3 Å². The molecule has 7 heteroatoms. The summed E-state index contributed by atoms with van der Waals surface area (Å²) in [7, 11) is 3.30. The molecule has 0 unspecified atom stereocenters. The SMILES string of the molecule is COc1cc(C)c(Cl)c(CBr)c1.COc1cc(C)c(Cl)c(CCc2cc(C)cnc2C(C)=O)c1. The lowest BCUT2D eigenvalue weighted by Gasteiger charge is -2.12. The van der Waals surface area contributed by atoms with Crippen LogP contribution < -0.4 is 9.47 Å². The monoisotopic (exact) mass is 565 g/mol. The van der Waals surface area contributed by atoms with Crippen LogP contribution >= 0.6 is 39.1 Å². The molecule has 4 nitrogen and oxygen atoms in total. The van der Waals surface area contributed by atoms with E-state index >= 15 is 0 Å². The molecule has 34 heavy (non-hydrogen) atoms. The van der Waals surface area contributed by atoms with E-state index in [0.29, 0.717) is 5.69 Å². The molecule has 0 fully saturated rings. The third-order valence-electron chi connectivity index (χ3n) is 5.32. The van der Waals surface area contributed by atoms with Gasteiger partial charge in [0.15, 0.2) is 5.78 Å². The van der Waals surface area contributed by atoms with Crippen LogP contribution in [0.1, 0.15) is 50.8 Å². The molecule has 0 aliphatic carbocycles. The number of benzene rings is 2. The summed E-state index contributed by atoms with van der Waals surface area (Å²) in [6.45, 7) is 7.45. The second-order valence-corrected chi connectivity index (χ2v) is 9.36. The van der Waals surface area contributed by atoms with E-state index < -0.39 is 0 Å². The van der Waals surface area contributed by atoms with Gasteiger partial charge in [-0.2, -0.15) is 0 Å². The van der Waals surface area contributed by atoms with Crippen LogP contribution in [-0.4, -0.2) is 25.0 Å². The van der Waals surface area contributed by atoms with Crippen molar-refractivity contribution < 1.29 is 14.3 Å². The summed E-state index contributed by atoms with van der Waals surface area (Å²) in [6.07, 6.45) is 3.18. The number of halogens is 3. The van der Waals surface area contributed by atoms with Crippen LogP contribution in [0.5, 0.6) is 11.5 Å². The summed E-state index contributed by atoms with van der Waals surface area (Å²) in [4.78, 5) is 16.0. The number of Topliss-reactive ketones (excluding diaryl/α,β-unsaturated/α-hetero) is 1. The van der Waals surface area contributed by atoms with Crippen molar-refractivity contribution in [2.45, 2.75) is 45.9 Å². The molecule has 0 amide bonds. The van der Waals surface area contributed by atoms with Crippen LogP contribution in [-0.2, 0) is 18.2 Å². The Balaban J connectivity index is 0.000000287. The average molecular weight is 567 g/mol. The van der Waals surface area contributed by atoms with E-state index in [2.05, 4.69) is 20.9 Å². The van der Waals surface area contributed by atoms with Crippen LogP contribution in [0.2, 0.25) is 10.0 Å². The van der Waals surface area contributed by atoms with Gasteiger partial charge in [0.2, 0.25) is 0 Å². The lowest BCUT2D eigenvalue weighted by molar-refractivity contribution is 0.101. The van der Waals surface area contributed by atoms with Crippen molar-refractivity contribution in [3.63, 3.8) is 0 Å². The Morgan fingerprint density at radius 1 is 0.853 bits per heavy atom. The molecule has 3 aromatic rings. The second kappa shape index (κ2) is 13.1. The first-order valence-corrected chi connectivity index (χ1v) is 12.7. The number of ether oxygens (including phenoxy) is 2. The molecular formula is C27H30BrCl2NO3. The largest absolute Gasteiger partial charge is 0.497 e. The summed E-state index contributed by atoms with van der Waals surface area (Å²) >= 11 is 15.8. The molecule has 0 spiro atoms. The Hall–Kier alpha value is -2.08. The van der Waals surface area contributed by atoms with Crippen molar-refractivity contribution in [1.29, 1.82) is 0 Å². The number of rotatable bonds is 7. The van der Waals surface area contributed by atoms with Crippen LogP contribution in [0.4, 0.5) is 0 Å². The first-order chi connectivity index (χ1) is 16.1. The van der Waals surface area contributed by atoms with Gasteiger partial charge in [-0.25, -0.2) is 0 Å². The third-order valence-corrected chi connectivity index (χ3v) is 7.01. The number of hydrogen-bond acceptors (Lipinski definition) is 4. The van der Waals surface area contributed by atoms with E-state index in [1.165, 1.54) is 0 Å². The molecule has 0 saturated heterocycles. The molecule has 0 aliphatic heterocycles. The molecule has 0 atom stereocenters. The zero-order chi connectivity index (χ0) is 25.4. The number of aromatic nitrogens is 1. The number of alkyl halides is 1. The van der Waals surface area contributed by atoms with E-state index in [0.717, 1.165) is 73.1 Å². The summed E-state index contributed by atoms with van der Waals surface area (Å²) in [5.41, 5.74) is 6.68. The van der Waals surface area contributed by atoms with Crippen LogP contribution in [0.25, 0.3) is 0 Å². The number of nitrogens with zero attached hydrogens (tertiary/aromatic N) is 1. The Morgan fingerprint density at radius 2 is 1.35 bits per heavy atom. The molecule has 0 aliphatic rings. The van der Waals surface area contributed by atoms with Gasteiger partial charge in [0.05, 0.1) is 14.2 Å². The van der Waals surface area contributed by atoms with Gasteiger partial charge in [-0.3, -0.25) is 9.78 Å². The average Bonchev–Trinajstić information content (AvgIpc) is 2.81. The predicted octanol–water partition coefficient (Wildman–Crippen LogP) is 7.90. The molecule has 0 N–H and O–H groups in total. The molecule has 1 heterocycles. The van der Waals surface area contributed by atoms with Gasteiger partial charge in [-0.15, -0.1) is 0 Å². The second-order valence-electron chi connectivity index (χ2n) is 8.05. The van der Waals surface area contributed by atoms with Crippen LogP contribution in [0.3, 0.4) is 0 Å². The zero-order valence-corrected chi connectivity index (χ0v) is 23.5. The fraction of sp³-hybridized carbons (Fsp3) is 0.333. The number of methoxy groups -OCH3 is 2. The molecule has 0 saturated carbocycles. The lowest BCUT2D eigenvalue weighted by Crippen LogP contribution is -2.05. The number of pyridine rings is 1. The van der Waals surface area contributed by atoms with E-state index in [9.17, 15) is 4.79 Å². The normalized spacial score (nSPS) is 10.4. The Labute approximate surface area is 220 Å². The zero-order valence-electron chi connectivity index (χ0n) is 20.4. The number of carbonyl (C=O) groups excluding carboxylic acids is 1. The minimum atomic E-state index is -0.0112. The first kappa shape index (κ1) is 28.2. The van der Waals surface area contributed by atoms with Crippen molar-refractivity contribution in [1.82, 2.24) is 4.98 Å². The van der Waals surface area contributed by atoms with Crippen molar-refractivity contribution >= 4 is 44.9 Å². The first-order valence-electron chi connectivity index (χ1n) is 10.8. The minimum Gasteiger partial charge on any atom is -0.497 e. The number of ketones is 1. The predicted molar refractivity (Wildman–Crippen MR) is 144 cm³/mol. The van der Waals surface area contributed by atoms with Gasteiger partial charge < -0.3 is 9.47 Å². The maximum atomic E-state index is 11.7. The van der Waals surface area contributed by atoms with Gasteiger partial charge in [-0.05, 0) is 91.3 Å². The van der Waals surface area contributed by atoms with E-state index in [4.69, 9.17) is 32.7 Å². The molecule has 1 aromatic heterocycles. The Morgan fingerprint density at radius 3 is 1.85 bits per heavy atom. The van der Waals surface area contributed by atoms with Gasteiger partial charge in [0.1, 0.15) is 17.2 Å². The standard InChI is InChI=1S/C18H20ClNO2.C9H10BrClO/c1-11-7-15(18(13(3)21)20-10-11)6-5-14-9-16(22-4)8-12(2)17(14)19;1-6-3-8(12-2)4-7(5-10)9(6)11/h7-10H,5-6H2,1-4H3;3-4H,5H2,1-2H3. The van der Waals surface area contributed by atoms with Crippen LogP contribution in [0.15, 0.2) is 36.5 Å². The fourth-order valence-electron chi connectivity index (χ4n) is 3.54. The summed E-state index contributed by atoms with van der Waals surface area (Å²) in [5.74, 6) is 1.64. The third kappa shape index (κ3) is 7.46. The summed E-state index contributed by atoms with van der Waals surface area (Å²) in [6, 6.07) is 9.75. The number of aryl methyl sites for hydroxylation is 5. The molecule has 0 radical (unpaired) electrons. The molecule has 2 aromatic carbocycles. The van der Waals surface area contributed by atoms with E-state index in [1.807, 2.05) is 51.1 Å². The topological polar surface area (TPSA) is 48.4 Å². The van der Waals surface area contributed by atoms with Crippen molar-refractivity contribution in [2.24, 2.45) is 0 Å². The van der Waals surface area contributed by atoms with Crippen molar-refractivity contribution in [3.05, 3.63) is 85.6 Å². The number of hydrogen-bond donors (Lipinski definition) is 0. The van der Waals surface area contributed by atoms with Gasteiger partial charge >= 0.3 is 0 Å². The van der Waals surface area contributed by atoms with Crippen molar-refractivity contribution in [2.75, 3.05) is 14.2 Å². The smallest absolute Gasteiger partial charge is 0.178 e. The van der Waals surface area contributed by atoms with Gasteiger partial charge in [0.25, 0.3) is 0 Å². The fourth-order valence-corrected chi connectivity index (χ4v) is 4.52. The molecule has 0 bridgehead atoms. The highest BCUT2D eigenvalue weighted by atomic mass is 79.9. The number of carbonyl (C=O) groups is 1. The van der Waals surface area contributed by atoms with Crippen molar-refractivity contribution in [3.8, 4) is 11.5 Å². The quantitative estimate of drug-likeness (QED) is 0.215. The maximum Gasteiger partial charge on any atom is 0.178 e. The highest BCUT2D eigenvalue weighted by molar-refractivity contribution is 9.08. The Bertz CT molecular complexity index is 1170. The summed E-state index contributed by atoms with van der Waals surface area (Å²) < 4.78 is 10.4. The molecular weight excluding hydrogens is 537 g/mol. The maximum absolute atomic E-state index is 11.7. The van der Waals surface area contributed by atoms with Crippen LogP contribution in [0, 0.1) is 20.8 Å². The Kier molecular flexibility index (Phi) is 10.9. The van der Waals surface area contributed by atoms with E-state index in [-0.39, 0.29) is 5.78 Å². The molecule has 3 rings (SSSR count). The lowest BCUT2D eigenvalue weighted by atomic mass is 9.99. The molecule has 182 valence electrons. The highest BCUT2D eigenvalue weighted by Crippen LogP contribution is 2.29. The van der Waals surface area contributed by atoms with Gasteiger partial charge in [-0.1, -0.05) is 45.2 Å². The highest BCUT2D eigenvalue weighted by Gasteiger charge is 2.12. The minimum absolute atomic E-state index is 0.0112. The summed E-state index contributed by atoms with van der Waals surface area (Å²) in [5, 5.41) is 2.32. The van der Waals surface area contributed by atoms with Gasteiger partial charge in [0, 0.05) is 28.5 Å².